The fourth-order valence-corrected chi connectivity index (χ4v) is 2.33. The number of ether oxygens (including phenoxy) is 2. The van der Waals surface area contributed by atoms with Crippen LogP contribution in [0.25, 0.3) is 0 Å². The Morgan fingerprint density at radius 1 is 1.22 bits per heavy atom. The lowest BCUT2D eigenvalue weighted by atomic mass is 9.85. The number of benzene rings is 1. The molecule has 1 rings (SSSR count). The zero-order chi connectivity index (χ0) is 17.6. The molecule has 128 valence electrons. The summed E-state index contributed by atoms with van der Waals surface area (Å²) in [6.45, 7) is 5.50. The van der Waals surface area contributed by atoms with Gasteiger partial charge in [-0.2, -0.15) is 0 Å². The van der Waals surface area contributed by atoms with Crippen molar-refractivity contribution in [3.05, 3.63) is 23.8 Å². The Hall–Kier alpha value is -2.24. The van der Waals surface area contributed by atoms with Crippen molar-refractivity contribution in [2.24, 2.45) is 5.92 Å². The van der Waals surface area contributed by atoms with Gasteiger partial charge in [0.1, 0.15) is 11.5 Å². The van der Waals surface area contributed by atoms with E-state index >= 15 is 0 Å². The van der Waals surface area contributed by atoms with Gasteiger partial charge in [0.05, 0.1) is 27.1 Å². The zero-order valence-electron chi connectivity index (χ0n) is 14.3. The molecule has 0 radical (unpaired) electrons. The number of rotatable bonds is 8. The average Bonchev–Trinajstić information content (AvgIpc) is 2.46. The number of carboxylic acid groups (broad SMARTS) is 1. The average molecular weight is 323 g/mol. The molecule has 0 fully saturated rings. The molecule has 0 bridgehead atoms. The minimum absolute atomic E-state index is 0.0258. The third-order valence-electron chi connectivity index (χ3n) is 4.08. The van der Waals surface area contributed by atoms with E-state index in [0.717, 1.165) is 0 Å². The third-order valence-corrected chi connectivity index (χ3v) is 4.08. The van der Waals surface area contributed by atoms with Gasteiger partial charge in [0, 0.05) is 11.1 Å². The number of carboxylic acids is 1. The zero-order valence-corrected chi connectivity index (χ0v) is 14.3. The molecule has 23 heavy (non-hydrogen) atoms. The summed E-state index contributed by atoms with van der Waals surface area (Å²) in [5.74, 6) is -0.128. The van der Waals surface area contributed by atoms with Crippen LogP contribution in [0.2, 0.25) is 0 Å². The number of hydrogen-bond donors (Lipinski definition) is 2. The molecule has 1 amide bonds. The molecule has 0 aromatic heterocycles. The van der Waals surface area contributed by atoms with Gasteiger partial charge in [-0.3, -0.25) is 9.59 Å². The summed E-state index contributed by atoms with van der Waals surface area (Å²) in [7, 11) is 3.05. The molecule has 0 aliphatic carbocycles. The van der Waals surface area contributed by atoms with Crippen molar-refractivity contribution in [1.82, 2.24) is 5.32 Å². The molecule has 2 N–H and O–H groups in total. The van der Waals surface area contributed by atoms with Crippen LogP contribution in [-0.2, 0) is 16.0 Å². The Morgan fingerprint density at radius 3 is 2.13 bits per heavy atom. The molecule has 0 aliphatic rings. The van der Waals surface area contributed by atoms with E-state index < -0.39 is 11.5 Å². The minimum Gasteiger partial charge on any atom is -0.496 e. The number of aliphatic carboxylic acids is 1. The van der Waals surface area contributed by atoms with Gasteiger partial charge in [0.2, 0.25) is 5.91 Å². The lowest BCUT2D eigenvalue weighted by Gasteiger charge is -2.33. The van der Waals surface area contributed by atoms with Crippen LogP contribution in [0.5, 0.6) is 11.5 Å². The SMILES string of the molecule is COc1cccc(OC)c1CC(=O)NC(C)(CC(=O)O)C(C)C. The van der Waals surface area contributed by atoms with Crippen LogP contribution in [0.1, 0.15) is 32.8 Å². The van der Waals surface area contributed by atoms with Crippen LogP contribution in [0, 0.1) is 5.92 Å². The van der Waals surface area contributed by atoms with Crippen molar-refractivity contribution in [3.63, 3.8) is 0 Å². The normalized spacial score (nSPS) is 13.3. The van der Waals surface area contributed by atoms with E-state index in [9.17, 15) is 9.59 Å². The molecule has 0 spiro atoms. The molecule has 0 heterocycles. The van der Waals surface area contributed by atoms with Crippen molar-refractivity contribution < 1.29 is 24.2 Å². The fraction of sp³-hybridized carbons (Fsp3) is 0.529. The molecule has 1 unspecified atom stereocenters. The Morgan fingerprint density at radius 2 is 1.74 bits per heavy atom. The van der Waals surface area contributed by atoms with Crippen LogP contribution in [-0.4, -0.2) is 36.7 Å². The van der Waals surface area contributed by atoms with E-state index in [1.165, 1.54) is 14.2 Å². The van der Waals surface area contributed by atoms with Crippen LogP contribution >= 0.6 is 0 Å². The maximum Gasteiger partial charge on any atom is 0.305 e. The largest absolute Gasteiger partial charge is 0.496 e. The first-order valence-corrected chi connectivity index (χ1v) is 7.46. The number of hydrogen-bond acceptors (Lipinski definition) is 4. The molecule has 1 atom stereocenters. The highest BCUT2D eigenvalue weighted by Crippen LogP contribution is 2.29. The van der Waals surface area contributed by atoms with Crippen LogP contribution in [0.3, 0.4) is 0 Å². The highest BCUT2D eigenvalue weighted by molar-refractivity contribution is 5.82. The summed E-state index contributed by atoms with van der Waals surface area (Å²) in [4.78, 5) is 23.5. The van der Waals surface area contributed by atoms with Crippen molar-refractivity contribution in [2.45, 2.75) is 39.2 Å². The minimum atomic E-state index is -0.948. The molecule has 6 heteroatoms. The van der Waals surface area contributed by atoms with Crippen LogP contribution in [0.15, 0.2) is 18.2 Å². The lowest BCUT2D eigenvalue weighted by molar-refractivity contribution is -0.139. The predicted octanol–water partition coefficient (Wildman–Crippen LogP) is 2.25. The Kier molecular flexibility index (Phi) is 6.42. The topological polar surface area (TPSA) is 84.9 Å². The second kappa shape index (κ2) is 7.85. The summed E-state index contributed by atoms with van der Waals surface area (Å²) < 4.78 is 10.6. The second-order valence-electron chi connectivity index (χ2n) is 6.01. The quantitative estimate of drug-likeness (QED) is 0.766. The first-order valence-electron chi connectivity index (χ1n) is 7.46. The van der Waals surface area contributed by atoms with Gasteiger partial charge >= 0.3 is 5.97 Å². The van der Waals surface area contributed by atoms with E-state index in [0.29, 0.717) is 17.1 Å². The maximum absolute atomic E-state index is 12.4. The maximum atomic E-state index is 12.4. The smallest absolute Gasteiger partial charge is 0.305 e. The van der Waals surface area contributed by atoms with E-state index in [1.54, 1.807) is 25.1 Å². The summed E-state index contributed by atoms with van der Waals surface area (Å²) in [5, 5.41) is 11.9. The van der Waals surface area contributed by atoms with Crippen molar-refractivity contribution in [2.75, 3.05) is 14.2 Å². The molecule has 6 nitrogen and oxygen atoms in total. The molecule has 0 saturated heterocycles. The molecule has 0 aliphatic heterocycles. The fourth-order valence-electron chi connectivity index (χ4n) is 2.33. The van der Waals surface area contributed by atoms with Gasteiger partial charge in [-0.25, -0.2) is 0 Å². The first-order chi connectivity index (χ1) is 10.7. The van der Waals surface area contributed by atoms with Gasteiger partial charge < -0.3 is 19.9 Å². The lowest BCUT2D eigenvalue weighted by Crippen LogP contribution is -2.51. The van der Waals surface area contributed by atoms with Crippen LogP contribution < -0.4 is 14.8 Å². The highest BCUT2D eigenvalue weighted by atomic mass is 16.5. The van der Waals surface area contributed by atoms with Gasteiger partial charge in [-0.1, -0.05) is 19.9 Å². The molecular weight excluding hydrogens is 298 g/mol. The van der Waals surface area contributed by atoms with Gasteiger partial charge in [-0.15, -0.1) is 0 Å². The monoisotopic (exact) mass is 323 g/mol. The van der Waals surface area contributed by atoms with E-state index in [1.807, 2.05) is 13.8 Å². The molecular formula is C17H25NO5. The summed E-state index contributed by atoms with van der Waals surface area (Å²) in [6.07, 6.45) is -0.0887. The van der Waals surface area contributed by atoms with Crippen molar-refractivity contribution >= 4 is 11.9 Å². The first kappa shape index (κ1) is 18.8. The van der Waals surface area contributed by atoms with Crippen LogP contribution in [0.4, 0.5) is 0 Å². The number of carbonyl (C=O) groups excluding carboxylic acids is 1. The van der Waals surface area contributed by atoms with Crippen molar-refractivity contribution in [3.8, 4) is 11.5 Å². The van der Waals surface area contributed by atoms with Gasteiger partial charge in [0.15, 0.2) is 0 Å². The summed E-state index contributed by atoms with van der Waals surface area (Å²) >= 11 is 0. The Bertz CT molecular complexity index is 548. The molecule has 1 aromatic rings. The molecule has 1 aromatic carbocycles. The number of amides is 1. The summed E-state index contributed by atoms with van der Waals surface area (Å²) in [6, 6.07) is 5.29. The number of nitrogens with one attached hydrogen (secondary N) is 1. The van der Waals surface area contributed by atoms with E-state index in [4.69, 9.17) is 14.6 Å². The van der Waals surface area contributed by atoms with E-state index in [2.05, 4.69) is 5.32 Å². The highest BCUT2D eigenvalue weighted by Gasteiger charge is 2.33. The predicted molar refractivity (Wildman–Crippen MR) is 86.9 cm³/mol. The van der Waals surface area contributed by atoms with Crippen molar-refractivity contribution in [1.29, 1.82) is 0 Å². The number of carbonyl (C=O) groups is 2. The van der Waals surface area contributed by atoms with Gasteiger partial charge in [0.25, 0.3) is 0 Å². The second-order valence-corrected chi connectivity index (χ2v) is 6.01. The Balaban J connectivity index is 2.97. The standard InChI is InChI=1S/C17H25NO5/c1-11(2)17(3,10-16(20)21)18-15(19)9-12-13(22-4)7-6-8-14(12)23-5/h6-8,11H,9-10H2,1-5H3,(H,18,19)(H,20,21). The van der Waals surface area contributed by atoms with E-state index in [-0.39, 0.29) is 24.7 Å². The summed E-state index contributed by atoms with van der Waals surface area (Å²) in [5.41, 5.74) is -0.186. The third kappa shape index (κ3) is 4.87. The van der Waals surface area contributed by atoms with Gasteiger partial charge in [-0.05, 0) is 25.0 Å². The Labute approximate surface area is 136 Å². The molecule has 0 saturated carbocycles. The number of methoxy groups -OCH3 is 2.